The fourth-order valence-electron chi connectivity index (χ4n) is 2.39. The molecule has 0 aromatic carbocycles. The van der Waals surface area contributed by atoms with E-state index >= 15 is 0 Å². The highest BCUT2D eigenvalue weighted by atomic mass is 127. The SMILES string of the molecule is O=C1CCC2(COI)CCCN12. The van der Waals surface area contributed by atoms with Crippen molar-refractivity contribution in [2.45, 2.75) is 31.2 Å². The first kappa shape index (κ1) is 8.74. The quantitative estimate of drug-likeness (QED) is 0.718. The van der Waals surface area contributed by atoms with E-state index in [0.717, 1.165) is 32.2 Å². The smallest absolute Gasteiger partial charge is 0.223 e. The summed E-state index contributed by atoms with van der Waals surface area (Å²) in [6.45, 7) is 1.65. The highest BCUT2D eigenvalue weighted by Gasteiger charge is 2.48. The lowest BCUT2D eigenvalue weighted by Gasteiger charge is -2.30. The van der Waals surface area contributed by atoms with E-state index in [1.165, 1.54) is 0 Å². The summed E-state index contributed by atoms with van der Waals surface area (Å²) >= 11 is 1.92. The molecule has 0 spiro atoms. The summed E-state index contributed by atoms with van der Waals surface area (Å²) in [5.41, 5.74) is 0.0816. The second kappa shape index (κ2) is 3.14. The minimum absolute atomic E-state index is 0.0816. The molecular formula is C8H12INO2. The lowest BCUT2D eigenvalue weighted by molar-refractivity contribution is -0.130. The van der Waals surface area contributed by atoms with Crippen LogP contribution in [0, 0.1) is 0 Å². The van der Waals surface area contributed by atoms with Crippen LogP contribution in [0.5, 0.6) is 0 Å². The number of hydrogen-bond acceptors (Lipinski definition) is 2. The molecule has 0 radical (unpaired) electrons. The first-order chi connectivity index (χ1) is 5.78. The van der Waals surface area contributed by atoms with Crippen LogP contribution in [0.3, 0.4) is 0 Å². The van der Waals surface area contributed by atoms with Crippen molar-refractivity contribution >= 4 is 28.9 Å². The third kappa shape index (κ3) is 1.16. The van der Waals surface area contributed by atoms with Gasteiger partial charge >= 0.3 is 0 Å². The van der Waals surface area contributed by atoms with Gasteiger partial charge in [-0.3, -0.25) is 4.79 Å². The molecule has 2 aliphatic rings. The van der Waals surface area contributed by atoms with Crippen molar-refractivity contribution in [2.24, 2.45) is 0 Å². The normalized spacial score (nSPS) is 34.4. The predicted octanol–water partition coefficient (Wildman–Crippen LogP) is 1.51. The standard InChI is InChI=1S/C8H12INO2/c9-12-6-8-3-1-5-10(8)7(11)2-4-8/h1-6H2. The molecule has 12 heavy (non-hydrogen) atoms. The van der Waals surface area contributed by atoms with Gasteiger partial charge < -0.3 is 7.97 Å². The van der Waals surface area contributed by atoms with E-state index in [0.29, 0.717) is 12.5 Å². The lowest BCUT2D eigenvalue weighted by atomic mass is 9.95. The molecule has 4 heteroatoms. The van der Waals surface area contributed by atoms with Gasteiger partial charge in [-0.05, 0) is 19.3 Å². The molecule has 1 unspecified atom stereocenters. The first-order valence-corrected chi connectivity index (χ1v) is 5.21. The van der Waals surface area contributed by atoms with E-state index in [2.05, 4.69) is 0 Å². The van der Waals surface area contributed by atoms with Crippen LogP contribution in [-0.4, -0.2) is 29.5 Å². The van der Waals surface area contributed by atoms with E-state index in [1.54, 1.807) is 0 Å². The Balaban J connectivity index is 2.17. The van der Waals surface area contributed by atoms with Gasteiger partial charge in [0.2, 0.25) is 5.91 Å². The number of carbonyl (C=O) groups is 1. The molecule has 2 aliphatic heterocycles. The van der Waals surface area contributed by atoms with Gasteiger partial charge in [0.05, 0.1) is 12.1 Å². The van der Waals surface area contributed by atoms with Crippen LogP contribution in [0.2, 0.25) is 0 Å². The van der Waals surface area contributed by atoms with E-state index in [9.17, 15) is 4.79 Å². The average Bonchev–Trinajstić information content (AvgIpc) is 2.55. The molecule has 2 rings (SSSR count). The van der Waals surface area contributed by atoms with Gasteiger partial charge in [0.15, 0.2) is 0 Å². The van der Waals surface area contributed by atoms with Gasteiger partial charge in [-0.1, -0.05) is 0 Å². The number of carbonyl (C=O) groups excluding carboxylic acids is 1. The molecule has 2 saturated heterocycles. The Labute approximate surface area is 86.1 Å². The van der Waals surface area contributed by atoms with Gasteiger partial charge in [0.25, 0.3) is 0 Å². The molecule has 2 heterocycles. The zero-order chi connectivity index (χ0) is 8.60. The maximum absolute atomic E-state index is 11.4. The molecule has 3 nitrogen and oxygen atoms in total. The van der Waals surface area contributed by atoms with Crippen LogP contribution in [0.25, 0.3) is 0 Å². The van der Waals surface area contributed by atoms with Gasteiger partial charge in [0, 0.05) is 13.0 Å². The second-order valence-electron chi connectivity index (χ2n) is 3.63. The molecule has 1 atom stereocenters. The minimum Gasteiger partial charge on any atom is -0.335 e. The van der Waals surface area contributed by atoms with Gasteiger partial charge in [-0.25, -0.2) is 0 Å². The van der Waals surface area contributed by atoms with Crippen LogP contribution in [0.1, 0.15) is 25.7 Å². The van der Waals surface area contributed by atoms with E-state index in [1.807, 2.05) is 27.9 Å². The van der Waals surface area contributed by atoms with Crippen LogP contribution in [-0.2, 0) is 7.86 Å². The van der Waals surface area contributed by atoms with Crippen molar-refractivity contribution in [1.82, 2.24) is 4.90 Å². The topological polar surface area (TPSA) is 29.5 Å². The molecule has 2 fully saturated rings. The summed E-state index contributed by atoms with van der Waals surface area (Å²) < 4.78 is 5.15. The van der Waals surface area contributed by atoms with Crippen LogP contribution in [0.15, 0.2) is 0 Å². The van der Waals surface area contributed by atoms with Gasteiger partial charge in [0.1, 0.15) is 23.0 Å². The zero-order valence-electron chi connectivity index (χ0n) is 6.88. The molecular weight excluding hydrogens is 269 g/mol. The van der Waals surface area contributed by atoms with Crippen LogP contribution < -0.4 is 0 Å². The van der Waals surface area contributed by atoms with Gasteiger partial charge in [-0.2, -0.15) is 0 Å². The van der Waals surface area contributed by atoms with E-state index in [-0.39, 0.29) is 5.54 Å². The average molecular weight is 281 g/mol. The predicted molar refractivity (Wildman–Crippen MR) is 52.9 cm³/mol. The van der Waals surface area contributed by atoms with Crippen molar-refractivity contribution in [3.8, 4) is 0 Å². The largest absolute Gasteiger partial charge is 0.335 e. The number of hydrogen-bond donors (Lipinski definition) is 0. The maximum Gasteiger partial charge on any atom is 0.223 e. The Morgan fingerprint density at radius 2 is 2.42 bits per heavy atom. The van der Waals surface area contributed by atoms with Crippen LogP contribution in [0.4, 0.5) is 0 Å². The summed E-state index contributed by atoms with van der Waals surface area (Å²) in [5.74, 6) is 0.320. The zero-order valence-corrected chi connectivity index (χ0v) is 9.04. The molecule has 1 amide bonds. The third-order valence-electron chi connectivity index (χ3n) is 3.02. The molecule has 0 aromatic rings. The van der Waals surface area contributed by atoms with Gasteiger partial charge in [-0.15, -0.1) is 0 Å². The number of halogens is 1. The highest BCUT2D eigenvalue weighted by Crippen LogP contribution is 2.39. The lowest BCUT2D eigenvalue weighted by Crippen LogP contribution is -2.43. The Bertz CT molecular complexity index is 209. The summed E-state index contributed by atoms with van der Waals surface area (Å²) in [7, 11) is 0. The monoisotopic (exact) mass is 281 g/mol. The van der Waals surface area contributed by atoms with E-state index in [4.69, 9.17) is 3.07 Å². The Morgan fingerprint density at radius 1 is 1.58 bits per heavy atom. The fraction of sp³-hybridized carbons (Fsp3) is 0.875. The van der Waals surface area contributed by atoms with Crippen molar-refractivity contribution in [2.75, 3.05) is 13.2 Å². The molecule has 0 saturated carbocycles. The molecule has 0 aliphatic carbocycles. The highest BCUT2D eigenvalue weighted by molar-refractivity contribution is 14.1. The van der Waals surface area contributed by atoms with Crippen molar-refractivity contribution < 1.29 is 7.86 Å². The maximum atomic E-state index is 11.4. The molecule has 0 bridgehead atoms. The molecule has 0 N–H and O–H groups in total. The minimum atomic E-state index is 0.0816. The molecule has 0 aromatic heterocycles. The molecule has 68 valence electrons. The summed E-state index contributed by atoms with van der Waals surface area (Å²) in [4.78, 5) is 13.4. The summed E-state index contributed by atoms with van der Waals surface area (Å²) in [6.07, 6.45) is 3.99. The second-order valence-corrected chi connectivity index (χ2v) is 4.25. The third-order valence-corrected chi connectivity index (χ3v) is 3.34. The Kier molecular flexibility index (Phi) is 2.29. The Hall–Kier alpha value is 0.160. The fourth-order valence-corrected chi connectivity index (χ4v) is 2.97. The Morgan fingerprint density at radius 3 is 3.17 bits per heavy atom. The van der Waals surface area contributed by atoms with Crippen molar-refractivity contribution in [3.05, 3.63) is 0 Å². The number of amides is 1. The van der Waals surface area contributed by atoms with E-state index < -0.39 is 0 Å². The number of rotatable bonds is 2. The van der Waals surface area contributed by atoms with Crippen LogP contribution >= 0.6 is 23.0 Å². The van der Waals surface area contributed by atoms with Crippen molar-refractivity contribution in [1.29, 1.82) is 0 Å². The van der Waals surface area contributed by atoms with Crippen molar-refractivity contribution in [3.63, 3.8) is 0 Å². The number of nitrogens with zero attached hydrogens (tertiary/aromatic N) is 1. The summed E-state index contributed by atoms with van der Waals surface area (Å²) in [5, 5.41) is 0. The summed E-state index contributed by atoms with van der Waals surface area (Å²) in [6, 6.07) is 0. The number of fused-ring (bicyclic) bond motifs is 1. The first-order valence-electron chi connectivity index (χ1n) is 4.32.